The van der Waals surface area contributed by atoms with Crippen molar-refractivity contribution in [2.24, 2.45) is 5.73 Å². The minimum Gasteiger partial charge on any atom is -0.480 e. The standard InChI is InChI=1S/C6H11F2NO3/c7-5(8)4(10)2-1-3(9)6(11)12/h3-5,10H,1-2,9H2,(H,11,12)/t3-,4-/m0/s1. The number of aliphatic carboxylic acids is 1. The molecule has 0 fully saturated rings. The highest BCUT2D eigenvalue weighted by atomic mass is 19.3. The van der Waals surface area contributed by atoms with E-state index in [-0.39, 0.29) is 12.8 Å². The second kappa shape index (κ2) is 5.00. The first kappa shape index (κ1) is 11.2. The van der Waals surface area contributed by atoms with Crippen LogP contribution in [0.25, 0.3) is 0 Å². The van der Waals surface area contributed by atoms with Gasteiger partial charge in [-0.1, -0.05) is 0 Å². The molecule has 72 valence electrons. The van der Waals surface area contributed by atoms with Crippen molar-refractivity contribution in [1.29, 1.82) is 0 Å². The molecule has 0 bridgehead atoms. The number of halogens is 2. The molecule has 0 saturated heterocycles. The fraction of sp³-hybridized carbons (Fsp3) is 0.833. The molecule has 2 atom stereocenters. The quantitative estimate of drug-likeness (QED) is 0.551. The van der Waals surface area contributed by atoms with Crippen LogP contribution in [0.1, 0.15) is 12.8 Å². The van der Waals surface area contributed by atoms with Gasteiger partial charge in [0.2, 0.25) is 0 Å². The van der Waals surface area contributed by atoms with E-state index in [9.17, 15) is 13.6 Å². The average Bonchev–Trinajstić information content (AvgIpc) is 1.98. The molecule has 0 aliphatic rings. The second-order valence-corrected chi connectivity index (χ2v) is 2.42. The molecule has 4 nitrogen and oxygen atoms in total. The molecule has 12 heavy (non-hydrogen) atoms. The van der Waals surface area contributed by atoms with E-state index in [1.165, 1.54) is 0 Å². The summed E-state index contributed by atoms with van der Waals surface area (Å²) in [6, 6.07) is -1.18. The number of aliphatic hydroxyl groups is 1. The van der Waals surface area contributed by atoms with E-state index >= 15 is 0 Å². The van der Waals surface area contributed by atoms with E-state index in [4.69, 9.17) is 15.9 Å². The van der Waals surface area contributed by atoms with Crippen LogP contribution >= 0.6 is 0 Å². The zero-order valence-electron chi connectivity index (χ0n) is 6.28. The van der Waals surface area contributed by atoms with E-state index in [2.05, 4.69) is 0 Å². The number of carbonyl (C=O) groups is 1. The number of carboxylic acids is 1. The maximum absolute atomic E-state index is 11.6. The second-order valence-electron chi connectivity index (χ2n) is 2.42. The molecule has 0 aliphatic carbocycles. The van der Waals surface area contributed by atoms with Crippen LogP contribution in [0.2, 0.25) is 0 Å². The molecular formula is C6H11F2NO3. The summed E-state index contributed by atoms with van der Waals surface area (Å²) in [4.78, 5) is 10.1. The number of aliphatic hydroxyl groups excluding tert-OH is 1. The highest BCUT2D eigenvalue weighted by molar-refractivity contribution is 5.72. The van der Waals surface area contributed by atoms with Crippen LogP contribution in [0.15, 0.2) is 0 Å². The Balaban J connectivity index is 3.61. The molecule has 0 saturated carbocycles. The van der Waals surface area contributed by atoms with Crippen LogP contribution in [0, 0.1) is 0 Å². The third-order valence-corrected chi connectivity index (χ3v) is 1.38. The summed E-state index contributed by atoms with van der Waals surface area (Å²) in [7, 11) is 0. The molecule has 0 aromatic rings. The largest absolute Gasteiger partial charge is 0.480 e. The first-order valence-electron chi connectivity index (χ1n) is 3.39. The van der Waals surface area contributed by atoms with Crippen LogP contribution in [0.3, 0.4) is 0 Å². The lowest BCUT2D eigenvalue weighted by atomic mass is 10.1. The van der Waals surface area contributed by atoms with E-state index in [1.54, 1.807) is 0 Å². The van der Waals surface area contributed by atoms with Gasteiger partial charge in [-0.25, -0.2) is 8.78 Å². The Morgan fingerprint density at radius 3 is 2.25 bits per heavy atom. The highest BCUT2D eigenvalue weighted by Gasteiger charge is 2.19. The van der Waals surface area contributed by atoms with Crippen LogP contribution in [-0.2, 0) is 4.79 Å². The molecule has 0 amide bonds. The normalized spacial score (nSPS) is 16.1. The Kier molecular flexibility index (Phi) is 4.68. The lowest BCUT2D eigenvalue weighted by Crippen LogP contribution is -2.32. The summed E-state index contributed by atoms with van der Waals surface area (Å²) < 4.78 is 23.3. The lowest BCUT2D eigenvalue weighted by Gasteiger charge is -2.10. The van der Waals surface area contributed by atoms with Crippen molar-refractivity contribution in [3.63, 3.8) is 0 Å². The minimum atomic E-state index is -2.84. The van der Waals surface area contributed by atoms with Crippen molar-refractivity contribution in [2.75, 3.05) is 0 Å². The molecule has 0 aromatic carbocycles. The number of alkyl halides is 2. The van der Waals surface area contributed by atoms with Crippen molar-refractivity contribution >= 4 is 5.97 Å². The molecular weight excluding hydrogens is 172 g/mol. The first-order chi connectivity index (χ1) is 5.45. The monoisotopic (exact) mass is 183 g/mol. The number of rotatable bonds is 5. The molecule has 0 rings (SSSR count). The number of hydrogen-bond donors (Lipinski definition) is 3. The van der Waals surface area contributed by atoms with Crippen molar-refractivity contribution in [1.82, 2.24) is 0 Å². The molecule has 6 heteroatoms. The van der Waals surface area contributed by atoms with Gasteiger partial charge < -0.3 is 15.9 Å². The lowest BCUT2D eigenvalue weighted by molar-refractivity contribution is -0.138. The summed E-state index contributed by atoms with van der Waals surface area (Å²) in [5.41, 5.74) is 5.01. The van der Waals surface area contributed by atoms with Crippen molar-refractivity contribution in [2.45, 2.75) is 31.4 Å². The molecule has 0 radical (unpaired) electrons. The van der Waals surface area contributed by atoms with E-state index < -0.39 is 24.5 Å². The zero-order valence-corrected chi connectivity index (χ0v) is 6.28. The predicted molar refractivity (Wildman–Crippen MR) is 36.9 cm³/mol. The summed E-state index contributed by atoms with van der Waals surface area (Å²) in [6.07, 6.45) is -5.08. The van der Waals surface area contributed by atoms with Crippen LogP contribution in [0.5, 0.6) is 0 Å². The smallest absolute Gasteiger partial charge is 0.320 e. The Morgan fingerprint density at radius 1 is 1.42 bits per heavy atom. The Bertz CT molecular complexity index is 154. The van der Waals surface area contributed by atoms with Gasteiger partial charge in [0, 0.05) is 0 Å². The van der Waals surface area contributed by atoms with Gasteiger partial charge in [0.15, 0.2) is 0 Å². The maximum atomic E-state index is 11.6. The van der Waals surface area contributed by atoms with Gasteiger partial charge in [0.05, 0.1) is 0 Å². The number of carboxylic acid groups (broad SMARTS) is 1. The predicted octanol–water partition coefficient (Wildman–Crippen LogP) is -0.195. The van der Waals surface area contributed by atoms with Crippen molar-refractivity contribution in [3.8, 4) is 0 Å². The number of nitrogens with two attached hydrogens (primary N) is 1. The fourth-order valence-electron chi connectivity index (χ4n) is 0.600. The van der Waals surface area contributed by atoms with Gasteiger partial charge in [-0.15, -0.1) is 0 Å². The summed E-state index contributed by atoms with van der Waals surface area (Å²) >= 11 is 0. The summed E-state index contributed by atoms with van der Waals surface area (Å²) in [5.74, 6) is -1.25. The van der Waals surface area contributed by atoms with Gasteiger partial charge in [0.1, 0.15) is 12.1 Å². The topological polar surface area (TPSA) is 83.5 Å². The molecule has 0 aromatic heterocycles. The highest BCUT2D eigenvalue weighted by Crippen LogP contribution is 2.08. The van der Waals surface area contributed by atoms with Crippen LogP contribution in [0.4, 0.5) is 8.78 Å². The van der Waals surface area contributed by atoms with Gasteiger partial charge in [-0.3, -0.25) is 4.79 Å². The maximum Gasteiger partial charge on any atom is 0.320 e. The Morgan fingerprint density at radius 2 is 1.92 bits per heavy atom. The third kappa shape index (κ3) is 4.20. The van der Waals surface area contributed by atoms with E-state index in [0.29, 0.717) is 0 Å². The van der Waals surface area contributed by atoms with Gasteiger partial charge in [-0.05, 0) is 12.8 Å². The average molecular weight is 183 g/mol. The van der Waals surface area contributed by atoms with Gasteiger partial charge in [0.25, 0.3) is 6.43 Å². The molecule has 0 unspecified atom stereocenters. The number of hydrogen-bond acceptors (Lipinski definition) is 3. The SMILES string of the molecule is N[C@@H](CC[C@H](O)C(F)F)C(=O)O. The van der Waals surface area contributed by atoms with E-state index in [1.807, 2.05) is 0 Å². The molecule has 0 spiro atoms. The van der Waals surface area contributed by atoms with E-state index in [0.717, 1.165) is 0 Å². The Labute approximate surface area is 68.0 Å². The Hall–Kier alpha value is -0.750. The minimum absolute atomic E-state index is 0.152. The first-order valence-corrected chi connectivity index (χ1v) is 3.39. The zero-order chi connectivity index (χ0) is 9.72. The summed E-state index contributed by atoms with van der Waals surface area (Å²) in [5, 5.41) is 16.8. The molecule has 0 heterocycles. The third-order valence-electron chi connectivity index (χ3n) is 1.38. The van der Waals surface area contributed by atoms with Crippen molar-refractivity contribution in [3.05, 3.63) is 0 Å². The van der Waals surface area contributed by atoms with Crippen LogP contribution < -0.4 is 5.73 Å². The summed E-state index contributed by atoms with van der Waals surface area (Å²) in [6.45, 7) is 0. The van der Waals surface area contributed by atoms with Gasteiger partial charge >= 0.3 is 5.97 Å². The van der Waals surface area contributed by atoms with Crippen LogP contribution in [-0.4, -0.2) is 34.8 Å². The molecule has 4 N–H and O–H groups in total. The van der Waals surface area contributed by atoms with Gasteiger partial charge in [-0.2, -0.15) is 0 Å². The van der Waals surface area contributed by atoms with Crippen molar-refractivity contribution < 1.29 is 23.8 Å². The fourth-order valence-corrected chi connectivity index (χ4v) is 0.600. The molecule has 0 aliphatic heterocycles.